The second-order valence-corrected chi connectivity index (χ2v) is 9.85. The molecule has 5 rings (SSSR count). The van der Waals surface area contributed by atoms with Gasteiger partial charge in [0.1, 0.15) is 21.1 Å². The van der Waals surface area contributed by atoms with Gasteiger partial charge >= 0.3 is 5.69 Å². The Hall–Kier alpha value is -2.68. The molecule has 0 amide bonds. The third-order valence-electron chi connectivity index (χ3n) is 6.37. The first kappa shape index (κ1) is 22.1. The highest BCUT2D eigenvalue weighted by atomic mass is 35.5. The van der Waals surface area contributed by atoms with Crippen LogP contribution in [-0.4, -0.2) is 46.2 Å². The number of benzene rings is 1. The number of hydrogen-bond donors (Lipinski definition) is 1. The second-order valence-electron chi connectivity index (χ2n) is 8.41. The molecular formula is C24H25ClN4O3S. The van der Waals surface area contributed by atoms with Crippen LogP contribution in [0.4, 0.5) is 0 Å². The Morgan fingerprint density at radius 2 is 2.00 bits per heavy atom. The number of hydrogen-bond acceptors (Lipinski definition) is 6. The zero-order valence-electron chi connectivity index (χ0n) is 18.3. The van der Waals surface area contributed by atoms with E-state index in [1.807, 2.05) is 18.2 Å². The van der Waals surface area contributed by atoms with Gasteiger partial charge in [-0.25, -0.2) is 9.78 Å². The van der Waals surface area contributed by atoms with Crippen LogP contribution in [0.1, 0.15) is 30.7 Å². The molecule has 1 N–H and O–H groups in total. The highest BCUT2D eigenvalue weighted by molar-refractivity contribution is 7.25. The Bertz CT molecular complexity index is 1430. The van der Waals surface area contributed by atoms with E-state index in [0.29, 0.717) is 33.3 Å². The minimum absolute atomic E-state index is 0.259. The average molecular weight is 485 g/mol. The van der Waals surface area contributed by atoms with E-state index in [-0.39, 0.29) is 5.56 Å². The predicted octanol–water partition coefficient (Wildman–Crippen LogP) is 4.23. The number of para-hydroxylation sites is 1. The first-order valence-corrected chi connectivity index (χ1v) is 12.3. The van der Waals surface area contributed by atoms with Crippen LogP contribution >= 0.6 is 22.9 Å². The number of halogens is 1. The number of nitrogens with zero attached hydrogens (tertiary/aromatic N) is 3. The van der Waals surface area contributed by atoms with Crippen molar-refractivity contribution in [3.8, 4) is 5.75 Å². The molecule has 0 spiro atoms. The van der Waals surface area contributed by atoms with Crippen LogP contribution in [0.2, 0.25) is 5.15 Å². The van der Waals surface area contributed by atoms with Crippen molar-refractivity contribution in [2.45, 2.75) is 31.7 Å². The van der Waals surface area contributed by atoms with E-state index in [1.165, 1.54) is 21.5 Å². The van der Waals surface area contributed by atoms with Crippen molar-refractivity contribution in [3.05, 3.63) is 68.0 Å². The maximum Gasteiger partial charge on any atom is 0.328 e. The number of methoxy groups -OCH3 is 1. The summed E-state index contributed by atoms with van der Waals surface area (Å²) in [7, 11) is 1.72. The summed E-state index contributed by atoms with van der Waals surface area (Å²) in [6, 6.07) is 11.7. The molecule has 0 saturated carbocycles. The summed E-state index contributed by atoms with van der Waals surface area (Å²) in [4.78, 5) is 35.2. The number of nitrogens with one attached hydrogen (secondary N) is 1. The van der Waals surface area contributed by atoms with Crippen LogP contribution in [0, 0.1) is 0 Å². The summed E-state index contributed by atoms with van der Waals surface area (Å²) >= 11 is 7.33. The Morgan fingerprint density at radius 3 is 2.85 bits per heavy atom. The summed E-state index contributed by atoms with van der Waals surface area (Å²) in [5.74, 6) is 1.43. The van der Waals surface area contributed by atoms with Crippen molar-refractivity contribution in [2.24, 2.45) is 0 Å². The van der Waals surface area contributed by atoms with Gasteiger partial charge in [0.05, 0.1) is 17.3 Å². The molecule has 33 heavy (non-hydrogen) atoms. The number of aromatic nitrogens is 3. The lowest BCUT2D eigenvalue weighted by Crippen LogP contribution is -2.34. The van der Waals surface area contributed by atoms with Crippen molar-refractivity contribution < 1.29 is 4.74 Å². The number of H-pyrrole nitrogens is 1. The van der Waals surface area contributed by atoms with E-state index in [2.05, 4.69) is 27.0 Å². The van der Waals surface area contributed by atoms with Gasteiger partial charge in [-0.2, -0.15) is 0 Å². The van der Waals surface area contributed by atoms with E-state index < -0.39 is 5.69 Å². The molecule has 172 valence electrons. The molecular weight excluding hydrogens is 460 g/mol. The number of thiophene rings is 1. The number of ether oxygens (including phenoxy) is 1. The van der Waals surface area contributed by atoms with Crippen molar-refractivity contribution in [2.75, 3.05) is 26.7 Å². The van der Waals surface area contributed by atoms with Gasteiger partial charge in [0.25, 0.3) is 5.56 Å². The summed E-state index contributed by atoms with van der Waals surface area (Å²) in [6.45, 7) is 3.40. The van der Waals surface area contributed by atoms with E-state index in [9.17, 15) is 9.59 Å². The molecule has 1 aliphatic heterocycles. The zero-order chi connectivity index (χ0) is 22.9. The third kappa shape index (κ3) is 4.30. The molecule has 3 aromatic heterocycles. The van der Waals surface area contributed by atoms with Crippen LogP contribution in [0.25, 0.3) is 20.4 Å². The molecule has 1 atom stereocenters. The maximum atomic E-state index is 13.0. The normalized spacial score (nSPS) is 16.7. The number of aromatic amines is 1. The largest absolute Gasteiger partial charge is 0.496 e. The van der Waals surface area contributed by atoms with Crippen LogP contribution < -0.4 is 16.0 Å². The molecule has 0 unspecified atom stereocenters. The fraction of sp³-hybridized carbons (Fsp3) is 0.375. The van der Waals surface area contributed by atoms with Gasteiger partial charge in [-0.15, -0.1) is 11.3 Å². The van der Waals surface area contributed by atoms with Gasteiger partial charge in [-0.05, 0) is 56.1 Å². The van der Waals surface area contributed by atoms with Crippen LogP contribution in [0.5, 0.6) is 5.75 Å². The summed E-state index contributed by atoms with van der Waals surface area (Å²) in [5.41, 5.74) is 1.66. The maximum absolute atomic E-state index is 13.0. The van der Waals surface area contributed by atoms with E-state index in [4.69, 9.17) is 16.3 Å². The standard InChI is InChI=1S/C24H25ClN4O3S/c1-32-17-7-3-2-6-16(17)15-10-13-28(14-15)11-4-5-12-29-23(30)22-21(27-24(29)31)20-18(33-22)8-9-19(25)26-20/h2-3,6-9,15H,4-5,10-14H2,1H3,(H,27,31)/t15-/m1/s1. The predicted molar refractivity (Wildman–Crippen MR) is 133 cm³/mol. The molecule has 1 saturated heterocycles. The first-order chi connectivity index (χ1) is 16.0. The highest BCUT2D eigenvalue weighted by Gasteiger charge is 2.25. The van der Waals surface area contributed by atoms with Crippen LogP contribution in [-0.2, 0) is 6.54 Å². The minimum Gasteiger partial charge on any atom is -0.496 e. The van der Waals surface area contributed by atoms with Gasteiger partial charge in [0, 0.05) is 19.0 Å². The SMILES string of the molecule is COc1ccccc1[C@@H]1CCN(CCCCn2c(=O)[nH]c3c(sc4ccc(Cl)nc43)c2=O)C1. The Morgan fingerprint density at radius 1 is 1.18 bits per heavy atom. The van der Waals surface area contributed by atoms with Crippen LogP contribution in [0.15, 0.2) is 46.0 Å². The second kappa shape index (κ2) is 9.29. The molecule has 0 bridgehead atoms. The third-order valence-corrected chi connectivity index (χ3v) is 7.72. The molecule has 1 fully saturated rings. The molecule has 1 aliphatic rings. The van der Waals surface area contributed by atoms with Crippen molar-refractivity contribution in [3.63, 3.8) is 0 Å². The molecule has 0 radical (unpaired) electrons. The van der Waals surface area contributed by atoms with Crippen molar-refractivity contribution >= 4 is 43.4 Å². The van der Waals surface area contributed by atoms with Gasteiger partial charge in [0.2, 0.25) is 0 Å². The molecule has 4 heterocycles. The van der Waals surface area contributed by atoms with Crippen molar-refractivity contribution in [1.82, 2.24) is 19.4 Å². The number of pyridine rings is 1. The Balaban J connectivity index is 1.23. The van der Waals surface area contributed by atoms with Gasteiger partial charge < -0.3 is 14.6 Å². The quantitative estimate of drug-likeness (QED) is 0.313. The number of likely N-dealkylation sites (tertiary alicyclic amines) is 1. The van der Waals surface area contributed by atoms with Crippen LogP contribution in [0.3, 0.4) is 0 Å². The zero-order valence-corrected chi connectivity index (χ0v) is 19.9. The van der Waals surface area contributed by atoms with Crippen molar-refractivity contribution in [1.29, 1.82) is 0 Å². The number of unbranched alkanes of at least 4 members (excludes halogenated alkanes) is 1. The summed E-state index contributed by atoms with van der Waals surface area (Å²) in [5, 5.41) is 0.335. The lowest BCUT2D eigenvalue weighted by molar-refractivity contribution is 0.320. The molecule has 7 nitrogen and oxygen atoms in total. The number of fused-ring (bicyclic) bond motifs is 3. The lowest BCUT2D eigenvalue weighted by atomic mass is 9.97. The van der Waals surface area contributed by atoms with Gasteiger partial charge in [-0.3, -0.25) is 9.36 Å². The monoisotopic (exact) mass is 484 g/mol. The molecule has 9 heteroatoms. The smallest absolute Gasteiger partial charge is 0.328 e. The molecule has 0 aliphatic carbocycles. The van der Waals surface area contributed by atoms with E-state index in [1.54, 1.807) is 13.2 Å². The average Bonchev–Trinajstić information content (AvgIpc) is 3.43. The Kier molecular flexibility index (Phi) is 6.23. The minimum atomic E-state index is -0.397. The van der Waals surface area contributed by atoms with Gasteiger partial charge in [-0.1, -0.05) is 29.8 Å². The summed E-state index contributed by atoms with van der Waals surface area (Å²) < 4.78 is 8.18. The van der Waals surface area contributed by atoms with E-state index in [0.717, 1.165) is 49.3 Å². The summed E-state index contributed by atoms with van der Waals surface area (Å²) in [6.07, 6.45) is 2.80. The fourth-order valence-electron chi connectivity index (χ4n) is 4.71. The topological polar surface area (TPSA) is 80.2 Å². The molecule has 1 aromatic carbocycles. The fourth-order valence-corrected chi connectivity index (χ4v) is 5.91. The highest BCUT2D eigenvalue weighted by Crippen LogP contribution is 2.33. The van der Waals surface area contributed by atoms with E-state index >= 15 is 0 Å². The first-order valence-electron chi connectivity index (χ1n) is 11.1. The molecule has 4 aromatic rings. The van der Waals surface area contributed by atoms with Gasteiger partial charge in [0.15, 0.2) is 0 Å². The lowest BCUT2D eigenvalue weighted by Gasteiger charge is -2.17. The Labute approximate surface area is 199 Å². The number of rotatable bonds is 7.